The van der Waals surface area contributed by atoms with Crippen LogP contribution in [0.4, 0.5) is 5.69 Å². The molecular weight excluding hydrogens is 446 g/mol. The number of hydrogen-bond donors (Lipinski definition) is 1. The van der Waals surface area contributed by atoms with Gasteiger partial charge in [0.15, 0.2) is 5.43 Å². The summed E-state index contributed by atoms with van der Waals surface area (Å²) in [5, 5.41) is 3.32. The summed E-state index contributed by atoms with van der Waals surface area (Å²) in [5.74, 6) is -1.42. The van der Waals surface area contributed by atoms with Crippen molar-refractivity contribution in [2.45, 2.75) is 6.10 Å². The fourth-order valence-corrected chi connectivity index (χ4v) is 3.48. The van der Waals surface area contributed by atoms with Crippen molar-refractivity contribution in [1.82, 2.24) is 0 Å². The molecule has 1 amide bonds. The number of para-hydroxylation sites is 1. The van der Waals surface area contributed by atoms with Crippen molar-refractivity contribution >= 4 is 40.1 Å². The third-order valence-electron chi connectivity index (χ3n) is 4.82. The van der Waals surface area contributed by atoms with Gasteiger partial charge in [-0.3, -0.25) is 9.59 Å². The molecule has 0 spiro atoms. The van der Waals surface area contributed by atoms with Crippen molar-refractivity contribution < 1.29 is 23.5 Å². The number of carbonyl (C=O) groups is 2. The molecule has 0 saturated heterocycles. The summed E-state index contributed by atoms with van der Waals surface area (Å²) < 4.78 is 16.2. The Morgan fingerprint density at radius 1 is 0.970 bits per heavy atom. The van der Waals surface area contributed by atoms with E-state index in [1.807, 2.05) is 0 Å². The van der Waals surface area contributed by atoms with Crippen LogP contribution in [0.5, 0.6) is 5.75 Å². The van der Waals surface area contributed by atoms with Crippen LogP contribution in [-0.4, -0.2) is 19.0 Å². The van der Waals surface area contributed by atoms with Gasteiger partial charge in [-0.25, -0.2) is 4.79 Å². The van der Waals surface area contributed by atoms with E-state index in [1.165, 1.54) is 13.2 Å². The number of nitrogens with one attached hydrogen (secondary N) is 1. The lowest BCUT2D eigenvalue weighted by molar-refractivity contribution is -0.125. The Bertz CT molecular complexity index is 1380. The van der Waals surface area contributed by atoms with Gasteiger partial charge in [-0.15, -0.1) is 0 Å². The molecule has 3 aromatic carbocycles. The fourth-order valence-electron chi connectivity index (χ4n) is 3.22. The average molecular weight is 464 g/mol. The summed E-state index contributed by atoms with van der Waals surface area (Å²) >= 11 is 6.13. The number of esters is 1. The number of halogens is 1. The van der Waals surface area contributed by atoms with Crippen molar-refractivity contribution in [3.63, 3.8) is 0 Å². The van der Waals surface area contributed by atoms with Crippen molar-refractivity contribution in [2.24, 2.45) is 0 Å². The third kappa shape index (κ3) is 4.88. The molecule has 7 nitrogen and oxygen atoms in total. The second-order valence-electron chi connectivity index (χ2n) is 7.01. The average Bonchev–Trinajstić information content (AvgIpc) is 2.83. The van der Waals surface area contributed by atoms with E-state index in [2.05, 4.69) is 5.32 Å². The van der Waals surface area contributed by atoms with E-state index in [0.29, 0.717) is 27.4 Å². The Labute approximate surface area is 193 Å². The van der Waals surface area contributed by atoms with E-state index in [-0.39, 0.29) is 11.3 Å². The normalized spacial score (nSPS) is 11.6. The number of benzene rings is 3. The maximum Gasteiger partial charge on any atom is 0.375 e. The predicted octanol–water partition coefficient (Wildman–Crippen LogP) is 4.99. The molecule has 33 heavy (non-hydrogen) atoms. The summed E-state index contributed by atoms with van der Waals surface area (Å²) in [7, 11) is 1.48. The minimum absolute atomic E-state index is 0.241. The zero-order valence-corrected chi connectivity index (χ0v) is 18.2. The number of ether oxygens (including phenoxy) is 2. The largest absolute Gasteiger partial charge is 0.495 e. The molecule has 166 valence electrons. The Hall–Kier alpha value is -4.10. The van der Waals surface area contributed by atoms with E-state index in [1.54, 1.807) is 66.7 Å². The lowest BCUT2D eigenvalue weighted by atomic mass is 10.1. The first-order valence-electron chi connectivity index (χ1n) is 9.89. The number of rotatable bonds is 6. The molecule has 4 rings (SSSR count). The number of fused-ring (bicyclic) bond motifs is 1. The molecule has 0 aliphatic carbocycles. The fraction of sp³-hybridized carbons (Fsp3) is 0.0800. The highest BCUT2D eigenvalue weighted by Crippen LogP contribution is 2.28. The summed E-state index contributed by atoms with van der Waals surface area (Å²) in [6, 6.07) is 20.8. The van der Waals surface area contributed by atoms with Gasteiger partial charge >= 0.3 is 5.97 Å². The SMILES string of the molecule is COc1ccc(NC(=O)C(OC(=O)c2cc(=O)c3ccccc3o2)c2ccccc2)cc1Cl. The monoisotopic (exact) mass is 463 g/mol. The first-order chi connectivity index (χ1) is 16.0. The highest BCUT2D eigenvalue weighted by molar-refractivity contribution is 6.32. The lowest BCUT2D eigenvalue weighted by Crippen LogP contribution is -2.26. The van der Waals surface area contributed by atoms with E-state index in [0.717, 1.165) is 6.07 Å². The molecule has 0 fully saturated rings. The molecule has 1 unspecified atom stereocenters. The highest BCUT2D eigenvalue weighted by Gasteiger charge is 2.27. The van der Waals surface area contributed by atoms with Crippen LogP contribution in [-0.2, 0) is 9.53 Å². The quantitative estimate of drug-likeness (QED) is 0.405. The summed E-state index contributed by atoms with van der Waals surface area (Å²) in [4.78, 5) is 38.3. The van der Waals surface area contributed by atoms with E-state index in [4.69, 9.17) is 25.5 Å². The third-order valence-corrected chi connectivity index (χ3v) is 5.12. The highest BCUT2D eigenvalue weighted by atomic mass is 35.5. The number of carbonyl (C=O) groups excluding carboxylic acids is 2. The standard InChI is InChI=1S/C25H18ClNO6/c1-31-21-12-11-16(13-18(21)26)27-24(29)23(15-7-3-2-4-8-15)33-25(30)22-14-19(28)17-9-5-6-10-20(17)32-22/h2-14,23H,1H3,(H,27,29). The number of hydrogen-bond acceptors (Lipinski definition) is 6. The topological polar surface area (TPSA) is 94.8 Å². The van der Waals surface area contributed by atoms with Crippen LogP contribution in [0.15, 0.2) is 88.1 Å². The maximum absolute atomic E-state index is 13.1. The van der Waals surface area contributed by atoms with E-state index in [9.17, 15) is 14.4 Å². The van der Waals surface area contributed by atoms with Crippen molar-refractivity contribution in [1.29, 1.82) is 0 Å². The van der Waals surface area contributed by atoms with Crippen molar-refractivity contribution in [2.75, 3.05) is 12.4 Å². The van der Waals surface area contributed by atoms with Crippen LogP contribution in [0.1, 0.15) is 22.2 Å². The second-order valence-corrected chi connectivity index (χ2v) is 7.41. The van der Waals surface area contributed by atoms with Crippen LogP contribution in [0.2, 0.25) is 5.02 Å². The zero-order chi connectivity index (χ0) is 23.4. The number of amides is 1. The van der Waals surface area contributed by atoms with Crippen LogP contribution in [0, 0.1) is 0 Å². The maximum atomic E-state index is 13.1. The Morgan fingerprint density at radius 3 is 2.42 bits per heavy atom. The van der Waals surface area contributed by atoms with Gasteiger partial charge in [-0.1, -0.05) is 54.1 Å². The molecule has 8 heteroatoms. The summed E-state index contributed by atoms with van der Waals surface area (Å²) in [6.07, 6.45) is -1.31. The zero-order valence-electron chi connectivity index (χ0n) is 17.4. The Kier molecular flexibility index (Phi) is 6.42. The summed E-state index contributed by atoms with van der Waals surface area (Å²) in [6.45, 7) is 0. The molecule has 0 saturated carbocycles. The van der Waals surface area contributed by atoms with Crippen molar-refractivity contribution in [3.8, 4) is 5.75 Å². The van der Waals surface area contributed by atoms with Gasteiger partial charge in [-0.05, 0) is 30.3 Å². The van der Waals surface area contributed by atoms with E-state index < -0.39 is 23.4 Å². The molecule has 1 atom stereocenters. The molecular formula is C25H18ClNO6. The molecule has 4 aromatic rings. The van der Waals surface area contributed by atoms with Crippen LogP contribution in [0.3, 0.4) is 0 Å². The molecule has 0 bridgehead atoms. The Balaban J connectivity index is 1.62. The first kappa shape index (κ1) is 22.1. The van der Waals surface area contributed by atoms with Gasteiger partial charge < -0.3 is 19.2 Å². The van der Waals surface area contributed by atoms with Crippen LogP contribution >= 0.6 is 11.6 Å². The van der Waals surface area contributed by atoms with Gasteiger partial charge in [0, 0.05) is 17.3 Å². The second kappa shape index (κ2) is 9.58. The van der Waals surface area contributed by atoms with Gasteiger partial charge in [0.2, 0.25) is 11.9 Å². The molecule has 1 aromatic heterocycles. The molecule has 0 aliphatic heterocycles. The van der Waals surface area contributed by atoms with Crippen LogP contribution in [0.25, 0.3) is 11.0 Å². The molecule has 1 heterocycles. The van der Waals surface area contributed by atoms with Gasteiger partial charge in [0.1, 0.15) is 11.3 Å². The molecule has 0 radical (unpaired) electrons. The van der Waals surface area contributed by atoms with Crippen LogP contribution < -0.4 is 15.5 Å². The first-order valence-corrected chi connectivity index (χ1v) is 10.3. The number of anilines is 1. The minimum Gasteiger partial charge on any atom is -0.495 e. The molecule has 0 aliphatic rings. The smallest absolute Gasteiger partial charge is 0.375 e. The van der Waals surface area contributed by atoms with Gasteiger partial charge in [0.05, 0.1) is 17.5 Å². The van der Waals surface area contributed by atoms with E-state index >= 15 is 0 Å². The summed E-state index contributed by atoms with van der Waals surface area (Å²) in [5.41, 5.74) is 0.675. The lowest BCUT2D eigenvalue weighted by Gasteiger charge is -2.18. The molecule has 1 N–H and O–H groups in total. The predicted molar refractivity (Wildman–Crippen MR) is 124 cm³/mol. The Morgan fingerprint density at radius 2 is 1.70 bits per heavy atom. The van der Waals surface area contributed by atoms with Crippen molar-refractivity contribution in [3.05, 3.63) is 105 Å². The van der Waals surface area contributed by atoms with Gasteiger partial charge in [-0.2, -0.15) is 0 Å². The van der Waals surface area contributed by atoms with Gasteiger partial charge in [0.25, 0.3) is 5.91 Å². The number of methoxy groups -OCH3 is 1. The minimum atomic E-state index is -1.31.